The molecule has 16 heavy (non-hydrogen) atoms. The van der Waals surface area contributed by atoms with Gasteiger partial charge < -0.3 is 0 Å². The lowest BCUT2D eigenvalue weighted by atomic mass is 10.0. The Bertz CT molecular complexity index is 429. The Kier molecular flexibility index (Phi) is 4.71. The van der Waals surface area contributed by atoms with E-state index in [2.05, 4.69) is 0 Å². The normalized spacial score (nSPS) is 9.25. The number of rotatable bonds is 1. The van der Waals surface area contributed by atoms with E-state index < -0.39 is 0 Å². The summed E-state index contributed by atoms with van der Waals surface area (Å²) in [5, 5.41) is 0. The number of halogens is 1. The monoisotopic (exact) mass is 216 g/mol. The minimum atomic E-state index is -0.170. The SMILES string of the molecule is CC.Cc1ccc(-c2ccccc2F)cc1. The van der Waals surface area contributed by atoms with Crippen molar-refractivity contribution in [2.75, 3.05) is 0 Å². The molecule has 84 valence electrons. The Balaban J connectivity index is 0.000000606. The molecule has 0 radical (unpaired) electrons. The average molecular weight is 216 g/mol. The van der Waals surface area contributed by atoms with Crippen LogP contribution < -0.4 is 0 Å². The molecule has 0 aliphatic carbocycles. The van der Waals surface area contributed by atoms with E-state index in [1.807, 2.05) is 51.1 Å². The largest absolute Gasteiger partial charge is 0.206 e. The van der Waals surface area contributed by atoms with Gasteiger partial charge in [0.1, 0.15) is 5.82 Å². The van der Waals surface area contributed by atoms with Gasteiger partial charge in [0, 0.05) is 5.56 Å². The predicted molar refractivity (Wildman–Crippen MR) is 67.9 cm³/mol. The van der Waals surface area contributed by atoms with E-state index in [0.29, 0.717) is 5.56 Å². The van der Waals surface area contributed by atoms with E-state index in [1.54, 1.807) is 12.1 Å². The zero-order valence-corrected chi connectivity index (χ0v) is 10.00. The third-order valence-corrected chi connectivity index (χ3v) is 2.24. The van der Waals surface area contributed by atoms with Crippen LogP contribution in [0.2, 0.25) is 0 Å². The van der Waals surface area contributed by atoms with Crippen LogP contribution in [0, 0.1) is 12.7 Å². The molecule has 0 heterocycles. The topological polar surface area (TPSA) is 0 Å². The van der Waals surface area contributed by atoms with Crippen LogP contribution >= 0.6 is 0 Å². The van der Waals surface area contributed by atoms with Gasteiger partial charge in [0.25, 0.3) is 0 Å². The fraction of sp³-hybridized carbons (Fsp3) is 0.200. The van der Waals surface area contributed by atoms with E-state index in [4.69, 9.17) is 0 Å². The van der Waals surface area contributed by atoms with E-state index in [0.717, 1.165) is 5.56 Å². The van der Waals surface area contributed by atoms with Crippen LogP contribution in [0.5, 0.6) is 0 Å². The molecule has 1 heteroatoms. The van der Waals surface area contributed by atoms with Crippen molar-refractivity contribution in [1.82, 2.24) is 0 Å². The van der Waals surface area contributed by atoms with Gasteiger partial charge in [0.15, 0.2) is 0 Å². The standard InChI is InChI=1S/C13H11F.C2H6/c1-10-6-8-11(9-7-10)12-4-2-3-5-13(12)14;1-2/h2-9H,1H3;1-2H3. The van der Waals surface area contributed by atoms with Crippen LogP contribution in [0.4, 0.5) is 4.39 Å². The van der Waals surface area contributed by atoms with Crippen LogP contribution in [0.15, 0.2) is 48.5 Å². The second-order valence-electron chi connectivity index (χ2n) is 3.35. The molecule has 2 rings (SSSR count). The molecule has 0 unspecified atom stereocenters. The molecule has 0 saturated heterocycles. The molecule has 0 aliphatic heterocycles. The number of aryl methyl sites for hydroxylation is 1. The van der Waals surface area contributed by atoms with Crippen molar-refractivity contribution in [2.45, 2.75) is 20.8 Å². The lowest BCUT2D eigenvalue weighted by Crippen LogP contribution is -1.83. The maximum atomic E-state index is 13.4. The van der Waals surface area contributed by atoms with Gasteiger partial charge in [-0.3, -0.25) is 0 Å². The molecule has 0 atom stereocenters. The highest BCUT2D eigenvalue weighted by Crippen LogP contribution is 2.22. The first kappa shape index (κ1) is 12.4. The second kappa shape index (κ2) is 6.06. The first-order valence-electron chi connectivity index (χ1n) is 5.59. The average Bonchev–Trinajstić information content (AvgIpc) is 2.34. The zero-order valence-electron chi connectivity index (χ0n) is 10.00. The van der Waals surface area contributed by atoms with Crippen LogP contribution in [0.3, 0.4) is 0 Å². The highest BCUT2D eigenvalue weighted by Gasteiger charge is 2.02. The molecule has 0 amide bonds. The number of hydrogen-bond acceptors (Lipinski definition) is 0. The number of benzene rings is 2. The molecule has 0 N–H and O–H groups in total. The Morgan fingerprint density at radius 1 is 0.812 bits per heavy atom. The van der Waals surface area contributed by atoms with E-state index >= 15 is 0 Å². The van der Waals surface area contributed by atoms with Gasteiger partial charge in [-0.1, -0.05) is 61.9 Å². The molecule has 0 nitrogen and oxygen atoms in total. The van der Waals surface area contributed by atoms with Crippen molar-refractivity contribution in [3.8, 4) is 11.1 Å². The Morgan fingerprint density at radius 2 is 1.38 bits per heavy atom. The molecular formula is C15H17F. The maximum absolute atomic E-state index is 13.4. The number of hydrogen-bond donors (Lipinski definition) is 0. The lowest BCUT2D eigenvalue weighted by molar-refractivity contribution is 0.631. The summed E-state index contributed by atoms with van der Waals surface area (Å²) in [5.74, 6) is -0.170. The van der Waals surface area contributed by atoms with Crippen molar-refractivity contribution in [3.05, 3.63) is 59.9 Å². The third-order valence-electron chi connectivity index (χ3n) is 2.24. The van der Waals surface area contributed by atoms with Crippen molar-refractivity contribution >= 4 is 0 Å². The van der Waals surface area contributed by atoms with Crippen molar-refractivity contribution in [2.24, 2.45) is 0 Å². The summed E-state index contributed by atoms with van der Waals surface area (Å²) in [7, 11) is 0. The van der Waals surface area contributed by atoms with Gasteiger partial charge in [0.2, 0.25) is 0 Å². The van der Waals surface area contributed by atoms with Crippen LogP contribution in [0.1, 0.15) is 19.4 Å². The Hall–Kier alpha value is -1.63. The molecule has 0 spiro atoms. The van der Waals surface area contributed by atoms with E-state index in [-0.39, 0.29) is 5.82 Å². The minimum Gasteiger partial charge on any atom is -0.206 e. The van der Waals surface area contributed by atoms with Crippen LogP contribution in [-0.2, 0) is 0 Å². The highest BCUT2D eigenvalue weighted by molar-refractivity contribution is 5.64. The van der Waals surface area contributed by atoms with Gasteiger partial charge in [0.05, 0.1) is 0 Å². The van der Waals surface area contributed by atoms with E-state index in [1.165, 1.54) is 11.6 Å². The molecule has 2 aromatic carbocycles. The summed E-state index contributed by atoms with van der Waals surface area (Å²) < 4.78 is 13.4. The molecule has 0 aliphatic rings. The minimum absolute atomic E-state index is 0.170. The zero-order chi connectivity index (χ0) is 12.0. The smallest absolute Gasteiger partial charge is 0.131 e. The third kappa shape index (κ3) is 2.93. The summed E-state index contributed by atoms with van der Waals surface area (Å²) in [6.45, 7) is 6.02. The molecule has 0 aromatic heterocycles. The van der Waals surface area contributed by atoms with Gasteiger partial charge in [-0.2, -0.15) is 0 Å². The summed E-state index contributed by atoms with van der Waals surface area (Å²) in [6.07, 6.45) is 0. The van der Waals surface area contributed by atoms with Crippen LogP contribution in [-0.4, -0.2) is 0 Å². The summed E-state index contributed by atoms with van der Waals surface area (Å²) in [5.41, 5.74) is 2.77. The van der Waals surface area contributed by atoms with E-state index in [9.17, 15) is 4.39 Å². The molecule has 0 saturated carbocycles. The van der Waals surface area contributed by atoms with Gasteiger partial charge in [-0.25, -0.2) is 4.39 Å². The fourth-order valence-corrected chi connectivity index (χ4v) is 1.43. The summed E-state index contributed by atoms with van der Waals surface area (Å²) >= 11 is 0. The predicted octanol–water partition coefficient (Wildman–Crippen LogP) is 4.83. The molecule has 0 bridgehead atoms. The fourth-order valence-electron chi connectivity index (χ4n) is 1.43. The van der Waals surface area contributed by atoms with Crippen LogP contribution in [0.25, 0.3) is 11.1 Å². The maximum Gasteiger partial charge on any atom is 0.131 e. The lowest BCUT2D eigenvalue weighted by Gasteiger charge is -2.02. The molecule has 0 fully saturated rings. The molecular weight excluding hydrogens is 199 g/mol. The van der Waals surface area contributed by atoms with Crippen molar-refractivity contribution in [1.29, 1.82) is 0 Å². The van der Waals surface area contributed by atoms with Gasteiger partial charge in [-0.05, 0) is 18.6 Å². The first-order valence-corrected chi connectivity index (χ1v) is 5.59. The Morgan fingerprint density at radius 3 is 1.94 bits per heavy atom. The van der Waals surface area contributed by atoms with Crippen molar-refractivity contribution < 1.29 is 4.39 Å². The summed E-state index contributed by atoms with van der Waals surface area (Å²) in [4.78, 5) is 0. The summed E-state index contributed by atoms with van der Waals surface area (Å²) in [6, 6.07) is 14.7. The van der Waals surface area contributed by atoms with Crippen molar-refractivity contribution in [3.63, 3.8) is 0 Å². The Labute approximate surface area is 96.8 Å². The quantitative estimate of drug-likeness (QED) is 0.640. The van der Waals surface area contributed by atoms with Gasteiger partial charge >= 0.3 is 0 Å². The second-order valence-corrected chi connectivity index (χ2v) is 3.35. The first-order chi connectivity index (χ1) is 7.77. The molecule has 2 aromatic rings. The van der Waals surface area contributed by atoms with Gasteiger partial charge in [-0.15, -0.1) is 0 Å². The highest BCUT2D eigenvalue weighted by atomic mass is 19.1.